The number of hydrogen-bond acceptors (Lipinski definition) is 13. The number of thioether (sulfide) groups is 3. The number of nitrogens with zero attached hydrogens (tertiary/aromatic N) is 3. The van der Waals surface area contributed by atoms with E-state index in [2.05, 4.69) is 20.3 Å². The lowest BCUT2D eigenvalue weighted by Crippen LogP contribution is -2.70. The van der Waals surface area contributed by atoms with E-state index in [9.17, 15) is 37.5 Å². The van der Waals surface area contributed by atoms with Gasteiger partial charge in [0.05, 0.1) is 6.42 Å². The number of aromatic hydroxyl groups is 1. The summed E-state index contributed by atoms with van der Waals surface area (Å²) in [5, 5.41) is 20.3. The van der Waals surface area contributed by atoms with E-state index in [0.29, 0.717) is 26.2 Å². The van der Waals surface area contributed by atoms with Gasteiger partial charge in [-0.2, -0.15) is 24.9 Å². The number of benzene rings is 1. The number of fused-ring (bicyclic) bond motifs is 1. The Labute approximate surface area is 247 Å². The Morgan fingerprint density at radius 3 is 2.63 bits per heavy atom. The number of β-lactam (4-membered cyclic amide) rings is 1. The Balaban J connectivity index is 1.51. The minimum absolute atomic E-state index is 0.00476. The van der Waals surface area contributed by atoms with E-state index in [0.717, 1.165) is 16.7 Å². The van der Waals surface area contributed by atoms with Crippen LogP contribution in [0.2, 0.25) is 0 Å². The maximum atomic E-state index is 13.1. The topological polar surface area (TPSA) is 165 Å². The molecule has 1 fully saturated rings. The standard InChI is InChI=1S/C23H22F3N5O6S4/c1-9-29-30-22(41-9)40-7-11-6-39-19-16(18(34)31(19)17(11)20(35)37-21(36)23(24,25)26)28-14(33)5-10-3-4-13(32)12(8-38-2)15(10)27/h3-4,16,19,32H,5-8,27H2,1-2H3,(H,28,33). The van der Waals surface area contributed by atoms with Crippen LogP contribution in [0.15, 0.2) is 27.7 Å². The first-order chi connectivity index (χ1) is 19.3. The van der Waals surface area contributed by atoms with Crippen molar-refractivity contribution in [3.05, 3.63) is 39.5 Å². The normalized spacial score (nSPS) is 18.6. The van der Waals surface area contributed by atoms with Gasteiger partial charge in [0.2, 0.25) is 5.91 Å². The second-order valence-corrected chi connectivity index (χ2v) is 13.1. The third-order valence-electron chi connectivity index (χ3n) is 5.91. The van der Waals surface area contributed by atoms with Crippen molar-refractivity contribution in [2.24, 2.45) is 0 Å². The van der Waals surface area contributed by atoms with Gasteiger partial charge in [-0.15, -0.1) is 22.0 Å². The quantitative estimate of drug-likeness (QED) is 0.120. The van der Waals surface area contributed by atoms with Crippen LogP contribution in [0.4, 0.5) is 18.9 Å². The summed E-state index contributed by atoms with van der Waals surface area (Å²) in [6.45, 7) is 1.74. The van der Waals surface area contributed by atoms with Crippen LogP contribution >= 0.6 is 46.6 Å². The van der Waals surface area contributed by atoms with E-state index in [1.54, 1.807) is 6.92 Å². The average Bonchev–Trinajstić information content (AvgIpc) is 3.33. The summed E-state index contributed by atoms with van der Waals surface area (Å²) >= 11 is 5.05. The molecule has 1 aromatic heterocycles. The summed E-state index contributed by atoms with van der Waals surface area (Å²) in [6.07, 6.45) is -3.80. The van der Waals surface area contributed by atoms with Crippen molar-refractivity contribution >= 4 is 76.1 Å². The number of aryl methyl sites for hydroxylation is 1. The lowest BCUT2D eigenvalue weighted by molar-refractivity contribution is -0.201. The van der Waals surface area contributed by atoms with E-state index in [1.807, 2.05) is 6.26 Å². The highest BCUT2D eigenvalue weighted by Crippen LogP contribution is 2.42. The number of nitrogen functional groups attached to an aromatic ring is 1. The Morgan fingerprint density at radius 1 is 1.27 bits per heavy atom. The van der Waals surface area contributed by atoms with Crippen LogP contribution in [-0.2, 0) is 36.1 Å². The number of carbonyl (C=O) groups is 4. The molecule has 3 heterocycles. The third-order valence-corrected chi connectivity index (χ3v) is 9.89. The molecule has 2 unspecified atom stereocenters. The smallest absolute Gasteiger partial charge is 0.491 e. The zero-order valence-corrected chi connectivity index (χ0v) is 24.6. The molecule has 2 aromatic rings. The van der Waals surface area contributed by atoms with Gasteiger partial charge in [-0.1, -0.05) is 29.2 Å². The first-order valence-electron chi connectivity index (χ1n) is 11.6. The van der Waals surface area contributed by atoms with E-state index in [4.69, 9.17) is 5.73 Å². The van der Waals surface area contributed by atoms with Crippen molar-refractivity contribution in [2.45, 2.75) is 41.0 Å². The summed E-state index contributed by atoms with van der Waals surface area (Å²) in [4.78, 5) is 51.1. The number of anilines is 1. The summed E-state index contributed by atoms with van der Waals surface area (Å²) in [5.74, 6) is -5.04. The fourth-order valence-electron chi connectivity index (χ4n) is 4.01. The van der Waals surface area contributed by atoms with Crippen LogP contribution in [0, 0.1) is 6.92 Å². The summed E-state index contributed by atoms with van der Waals surface area (Å²) in [5.41, 5.74) is 7.09. The van der Waals surface area contributed by atoms with Gasteiger partial charge in [0.15, 0.2) is 4.34 Å². The summed E-state index contributed by atoms with van der Waals surface area (Å²) in [7, 11) is 0. The van der Waals surface area contributed by atoms with Crippen molar-refractivity contribution in [1.82, 2.24) is 20.4 Å². The number of ether oxygens (including phenoxy) is 1. The highest BCUT2D eigenvalue weighted by molar-refractivity contribution is 8.01. The maximum absolute atomic E-state index is 13.1. The SMILES string of the molecule is CSCc1c(O)ccc(CC(=O)NC2C(=O)N3C(C(=O)OC(=O)C(F)(F)F)=C(CSc4nnc(C)s4)CSC23)c1N. The first kappa shape index (κ1) is 31.0. The molecule has 2 atom stereocenters. The number of nitrogens with one attached hydrogen (secondary N) is 1. The summed E-state index contributed by atoms with van der Waals surface area (Å²) < 4.78 is 43.0. The van der Waals surface area contributed by atoms with E-state index >= 15 is 0 Å². The molecule has 1 saturated heterocycles. The summed E-state index contributed by atoms with van der Waals surface area (Å²) in [6, 6.07) is 1.83. The Kier molecular flexibility index (Phi) is 9.45. The lowest BCUT2D eigenvalue weighted by atomic mass is 10.0. The number of phenols is 1. The predicted molar refractivity (Wildman–Crippen MR) is 148 cm³/mol. The largest absolute Gasteiger partial charge is 0.508 e. The number of alkyl halides is 3. The molecule has 41 heavy (non-hydrogen) atoms. The van der Waals surface area contributed by atoms with Gasteiger partial charge in [0.25, 0.3) is 5.91 Å². The molecule has 4 N–H and O–H groups in total. The molecule has 0 radical (unpaired) electrons. The molecular formula is C23H22F3N5O6S4. The molecule has 0 aliphatic carbocycles. The fraction of sp³-hybridized carbons (Fsp3) is 0.391. The molecule has 220 valence electrons. The van der Waals surface area contributed by atoms with Crippen molar-refractivity contribution in [1.29, 1.82) is 0 Å². The van der Waals surface area contributed by atoms with Crippen LogP contribution in [0.1, 0.15) is 16.1 Å². The monoisotopic (exact) mass is 649 g/mol. The van der Waals surface area contributed by atoms with Crippen molar-refractivity contribution in [2.75, 3.05) is 23.5 Å². The first-order valence-corrected chi connectivity index (χ1v) is 15.9. The molecule has 18 heteroatoms. The van der Waals surface area contributed by atoms with Crippen LogP contribution < -0.4 is 11.1 Å². The zero-order chi connectivity index (χ0) is 30.1. The Hall–Kier alpha value is -2.96. The molecular weight excluding hydrogens is 628 g/mol. The highest BCUT2D eigenvalue weighted by atomic mass is 32.2. The molecule has 0 saturated carbocycles. The highest BCUT2D eigenvalue weighted by Gasteiger charge is 2.55. The average molecular weight is 650 g/mol. The maximum Gasteiger partial charge on any atom is 0.491 e. The van der Waals surface area contributed by atoms with Crippen LogP contribution in [0.3, 0.4) is 0 Å². The van der Waals surface area contributed by atoms with Gasteiger partial charge in [-0.3, -0.25) is 14.5 Å². The molecule has 2 aliphatic heterocycles. The number of halogens is 3. The molecule has 0 spiro atoms. The molecule has 0 bridgehead atoms. The van der Waals surface area contributed by atoms with Crippen molar-refractivity contribution in [3.8, 4) is 5.75 Å². The van der Waals surface area contributed by atoms with E-state index in [-0.39, 0.29) is 34.9 Å². The van der Waals surface area contributed by atoms with Gasteiger partial charge in [-0.05, 0) is 30.4 Å². The second-order valence-electron chi connectivity index (χ2n) is 8.70. The van der Waals surface area contributed by atoms with Crippen LogP contribution in [-0.4, -0.2) is 79.3 Å². The van der Waals surface area contributed by atoms with Crippen LogP contribution in [0.25, 0.3) is 0 Å². The van der Waals surface area contributed by atoms with E-state index in [1.165, 1.54) is 47.0 Å². The lowest BCUT2D eigenvalue weighted by Gasteiger charge is -2.49. The second kappa shape index (κ2) is 12.5. The number of hydrogen-bond donors (Lipinski definition) is 3. The van der Waals surface area contributed by atoms with Crippen LogP contribution in [0.5, 0.6) is 5.75 Å². The third kappa shape index (κ3) is 6.76. The van der Waals surface area contributed by atoms with Gasteiger partial charge >= 0.3 is 18.1 Å². The fourth-order valence-corrected chi connectivity index (χ4v) is 7.90. The van der Waals surface area contributed by atoms with Gasteiger partial charge < -0.3 is 20.9 Å². The number of amides is 2. The minimum atomic E-state index is -5.42. The molecule has 2 aliphatic rings. The van der Waals surface area contributed by atoms with Gasteiger partial charge in [0, 0.05) is 28.5 Å². The number of phenolic OH excluding ortho intramolecular Hbond substituents is 1. The van der Waals surface area contributed by atoms with Crippen molar-refractivity contribution in [3.63, 3.8) is 0 Å². The van der Waals surface area contributed by atoms with Gasteiger partial charge in [-0.25, -0.2) is 9.59 Å². The Morgan fingerprint density at radius 2 is 2.00 bits per heavy atom. The minimum Gasteiger partial charge on any atom is -0.508 e. The number of esters is 2. The molecule has 1 aromatic carbocycles. The molecule has 2 amide bonds. The number of carbonyl (C=O) groups excluding carboxylic acids is 4. The Bertz CT molecular complexity index is 1430. The number of rotatable bonds is 9. The van der Waals surface area contributed by atoms with E-state index < -0.39 is 47.0 Å². The number of nitrogens with two attached hydrogens (primary N) is 1. The van der Waals surface area contributed by atoms with Gasteiger partial charge in [0.1, 0.15) is 27.9 Å². The van der Waals surface area contributed by atoms with Crippen molar-refractivity contribution < 1.29 is 42.2 Å². The molecule has 11 nitrogen and oxygen atoms in total. The number of aromatic nitrogens is 2. The predicted octanol–water partition coefficient (Wildman–Crippen LogP) is 2.62. The zero-order valence-electron chi connectivity index (χ0n) is 21.3. The molecule has 4 rings (SSSR count).